The van der Waals surface area contributed by atoms with Crippen molar-refractivity contribution in [1.29, 1.82) is 0 Å². The first-order valence-electron chi connectivity index (χ1n) is 7.94. The van der Waals surface area contributed by atoms with Crippen molar-refractivity contribution >= 4 is 22.9 Å². The van der Waals surface area contributed by atoms with Gasteiger partial charge in [0, 0.05) is 24.2 Å². The van der Waals surface area contributed by atoms with Gasteiger partial charge in [-0.05, 0) is 43.2 Å². The van der Waals surface area contributed by atoms with E-state index in [1.165, 1.54) is 11.3 Å². The number of halogens is 2. The van der Waals surface area contributed by atoms with Gasteiger partial charge in [-0.25, -0.2) is 9.37 Å². The van der Waals surface area contributed by atoms with Crippen molar-refractivity contribution in [1.82, 2.24) is 4.98 Å². The van der Waals surface area contributed by atoms with Crippen LogP contribution in [0.3, 0.4) is 0 Å². The predicted octanol–water partition coefficient (Wildman–Crippen LogP) is 5.77. The Morgan fingerprint density at radius 3 is 2.74 bits per heavy atom. The number of hydrogen-bond acceptors (Lipinski definition) is 3. The van der Waals surface area contributed by atoms with Crippen LogP contribution < -0.4 is 0 Å². The highest BCUT2D eigenvalue weighted by Gasteiger charge is 2.14. The third kappa shape index (κ3) is 5.27. The molecule has 0 aliphatic rings. The van der Waals surface area contributed by atoms with Gasteiger partial charge in [-0.1, -0.05) is 37.6 Å². The van der Waals surface area contributed by atoms with E-state index in [9.17, 15) is 4.39 Å². The lowest BCUT2D eigenvalue weighted by Crippen LogP contribution is -1.97. The molecule has 0 radical (unpaired) electrons. The third-order valence-electron chi connectivity index (χ3n) is 3.74. The monoisotopic (exact) mass is 355 g/mol. The van der Waals surface area contributed by atoms with Crippen molar-refractivity contribution in [3.63, 3.8) is 0 Å². The quantitative estimate of drug-likeness (QED) is 0.561. The van der Waals surface area contributed by atoms with Gasteiger partial charge in [-0.15, -0.1) is 11.3 Å². The molecule has 0 N–H and O–H groups in total. The van der Waals surface area contributed by atoms with Gasteiger partial charge in [0.1, 0.15) is 5.82 Å². The average Bonchev–Trinajstić information content (AvgIpc) is 2.88. The lowest BCUT2D eigenvalue weighted by Gasteiger charge is -2.07. The van der Waals surface area contributed by atoms with Crippen LogP contribution in [0.4, 0.5) is 4.39 Å². The summed E-state index contributed by atoms with van der Waals surface area (Å²) < 4.78 is 19.8. The summed E-state index contributed by atoms with van der Waals surface area (Å²) in [5.74, 6) is 0.432. The zero-order valence-electron chi connectivity index (χ0n) is 13.9. The molecule has 2 rings (SSSR count). The molecule has 0 amide bonds. The highest BCUT2D eigenvalue weighted by Crippen LogP contribution is 2.33. The van der Waals surface area contributed by atoms with E-state index in [2.05, 4.69) is 18.8 Å². The largest absolute Gasteiger partial charge is 0.385 e. The average molecular weight is 356 g/mol. The highest BCUT2D eigenvalue weighted by molar-refractivity contribution is 7.16. The normalized spacial score (nSPS) is 11.4. The summed E-state index contributed by atoms with van der Waals surface area (Å²) in [5, 5.41) is 0. The fourth-order valence-corrected chi connectivity index (χ4v) is 3.63. The van der Waals surface area contributed by atoms with Gasteiger partial charge in [0.15, 0.2) is 4.47 Å². The Hall–Kier alpha value is -0.970. The minimum absolute atomic E-state index is 0.183. The van der Waals surface area contributed by atoms with Gasteiger partial charge in [-0.3, -0.25) is 0 Å². The molecule has 2 nitrogen and oxygen atoms in total. The maximum absolute atomic E-state index is 14.3. The number of thiazole rings is 1. The van der Waals surface area contributed by atoms with Crippen LogP contribution in [-0.4, -0.2) is 18.7 Å². The molecule has 0 atom stereocenters. The molecule has 0 unspecified atom stereocenters. The van der Waals surface area contributed by atoms with Crippen LogP contribution in [0, 0.1) is 11.7 Å². The molecule has 2 aromatic rings. The van der Waals surface area contributed by atoms with Crippen molar-refractivity contribution in [2.45, 2.75) is 39.5 Å². The summed E-state index contributed by atoms with van der Waals surface area (Å²) >= 11 is 7.58. The van der Waals surface area contributed by atoms with Crippen LogP contribution in [0.2, 0.25) is 4.47 Å². The third-order valence-corrected chi connectivity index (χ3v) is 4.96. The fourth-order valence-electron chi connectivity index (χ4n) is 2.44. The number of hydrogen-bond donors (Lipinski definition) is 0. The lowest BCUT2D eigenvalue weighted by atomic mass is 10.0. The molecular weight excluding hydrogens is 333 g/mol. The smallest absolute Gasteiger partial charge is 0.184 e. The van der Waals surface area contributed by atoms with Crippen LogP contribution in [0.1, 0.15) is 37.1 Å². The zero-order chi connectivity index (χ0) is 16.8. The first-order valence-corrected chi connectivity index (χ1v) is 9.13. The molecule has 1 aromatic heterocycles. The van der Waals surface area contributed by atoms with Gasteiger partial charge in [0.25, 0.3) is 0 Å². The lowest BCUT2D eigenvalue weighted by molar-refractivity contribution is 0.195. The van der Waals surface area contributed by atoms with Crippen molar-refractivity contribution in [2.75, 3.05) is 13.7 Å². The molecule has 0 saturated carbocycles. The second kappa shape index (κ2) is 8.76. The number of ether oxygens (including phenoxy) is 1. The number of rotatable bonds is 8. The van der Waals surface area contributed by atoms with Crippen molar-refractivity contribution < 1.29 is 9.13 Å². The molecule has 23 heavy (non-hydrogen) atoms. The Morgan fingerprint density at radius 1 is 1.30 bits per heavy atom. The van der Waals surface area contributed by atoms with Gasteiger partial charge < -0.3 is 4.74 Å². The predicted molar refractivity (Wildman–Crippen MR) is 95.9 cm³/mol. The van der Waals surface area contributed by atoms with Crippen LogP contribution >= 0.6 is 22.9 Å². The minimum Gasteiger partial charge on any atom is -0.385 e. The van der Waals surface area contributed by atoms with Gasteiger partial charge >= 0.3 is 0 Å². The summed E-state index contributed by atoms with van der Waals surface area (Å²) in [6, 6.07) is 5.36. The van der Waals surface area contributed by atoms with Crippen molar-refractivity contribution in [3.8, 4) is 11.3 Å². The van der Waals surface area contributed by atoms with Gasteiger partial charge in [0.2, 0.25) is 0 Å². The molecule has 0 spiro atoms. The van der Waals surface area contributed by atoms with Crippen molar-refractivity contribution in [2.24, 2.45) is 5.92 Å². The number of methoxy groups -OCH3 is 1. The highest BCUT2D eigenvalue weighted by atomic mass is 35.5. The van der Waals surface area contributed by atoms with E-state index in [1.54, 1.807) is 13.2 Å². The standard InChI is InChI=1S/C18H23ClFNOS/c1-12(2)6-9-16-17(21-18(19)23-16)14-8-7-13(15(20)11-14)5-4-10-22-3/h7-8,11-12H,4-6,9-10H2,1-3H3. The maximum atomic E-state index is 14.3. The van der Waals surface area contributed by atoms with Crippen LogP contribution in [0.15, 0.2) is 18.2 Å². The summed E-state index contributed by atoms with van der Waals surface area (Å²) in [5.41, 5.74) is 2.35. The SMILES string of the molecule is COCCCc1ccc(-c2nc(Cl)sc2CCC(C)C)cc1F. The Balaban J connectivity index is 2.20. The van der Waals surface area contributed by atoms with Gasteiger partial charge in [0.05, 0.1) is 5.69 Å². The first kappa shape index (κ1) is 18.4. The van der Waals surface area contributed by atoms with Gasteiger partial charge in [-0.2, -0.15) is 0 Å². The van der Waals surface area contributed by atoms with Crippen molar-refractivity contribution in [3.05, 3.63) is 38.9 Å². The number of nitrogens with zero attached hydrogens (tertiary/aromatic N) is 1. The second-order valence-corrected chi connectivity index (χ2v) is 7.74. The molecule has 1 aromatic carbocycles. The minimum atomic E-state index is -0.183. The van der Waals surface area contributed by atoms with E-state index >= 15 is 0 Å². The van der Waals surface area contributed by atoms with E-state index in [0.717, 1.165) is 41.0 Å². The first-order chi connectivity index (χ1) is 11.0. The summed E-state index contributed by atoms with van der Waals surface area (Å²) in [4.78, 5) is 5.54. The summed E-state index contributed by atoms with van der Waals surface area (Å²) in [6.07, 6.45) is 3.49. The molecule has 5 heteroatoms. The molecule has 1 heterocycles. The molecule has 0 bridgehead atoms. The number of benzene rings is 1. The molecule has 0 aliphatic carbocycles. The molecular formula is C18H23ClFNOS. The van der Waals surface area contributed by atoms with Crippen LogP contribution in [0.25, 0.3) is 11.3 Å². The van der Waals surface area contributed by atoms with Crippen LogP contribution in [0.5, 0.6) is 0 Å². The van der Waals surface area contributed by atoms with E-state index in [4.69, 9.17) is 16.3 Å². The second-order valence-electron chi connectivity index (χ2n) is 6.07. The maximum Gasteiger partial charge on any atom is 0.184 e. The molecule has 0 aliphatic heterocycles. The number of aryl methyl sites for hydroxylation is 2. The molecule has 0 fully saturated rings. The zero-order valence-corrected chi connectivity index (χ0v) is 15.4. The van der Waals surface area contributed by atoms with E-state index in [-0.39, 0.29) is 5.82 Å². The summed E-state index contributed by atoms with van der Waals surface area (Å²) in [6.45, 7) is 5.02. The van der Waals surface area contributed by atoms with E-state index < -0.39 is 0 Å². The fraction of sp³-hybridized carbons (Fsp3) is 0.500. The number of aromatic nitrogens is 1. The summed E-state index contributed by atoms with van der Waals surface area (Å²) in [7, 11) is 1.66. The topological polar surface area (TPSA) is 22.1 Å². The molecule has 0 saturated heterocycles. The Kier molecular flexibility index (Phi) is 7.00. The van der Waals surface area contributed by atoms with E-state index in [0.29, 0.717) is 23.4 Å². The van der Waals surface area contributed by atoms with Crippen LogP contribution in [-0.2, 0) is 17.6 Å². The Morgan fingerprint density at radius 2 is 2.09 bits per heavy atom. The Bertz CT molecular complexity index is 642. The van der Waals surface area contributed by atoms with E-state index in [1.807, 2.05) is 12.1 Å². The molecule has 126 valence electrons. The Labute approximate surface area is 146 Å².